The van der Waals surface area contributed by atoms with Crippen LogP contribution >= 0.6 is 0 Å². The van der Waals surface area contributed by atoms with Crippen molar-refractivity contribution in [3.05, 3.63) is 52.6 Å². The fraction of sp³-hybridized carbons (Fsp3) is 0.375. The Morgan fingerprint density at radius 1 is 1.15 bits per heavy atom. The molecule has 0 saturated carbocycles. The second-order valence-corrected chi connectivity index (χ2v) is 5.09. The van der Waals surface area contributed by atoms with Gasteiger partial charge in [-0.25, -0.2) is 9.97 Å². The molecule has 0 atom stereocenters. The number of aromatic nitrogens is 2. The van der Waals surface area contributed by atoms with Crippen molar-refractivity contribution in [1.29, 1.82) is 0 Å². The fourth-order valence-corrected chi connectivity index (χ4v) is 2.74. The summed E-state index contributed by atoms with van der Waals surface area (Å²) in [5, 5.41) is 0. The summed E-state index contributed by atoms with van der Waals surface area (Å²) in [6, 6.07) is 8.04. The maximum absolute atomic E-state index is 5.82. The van der Waals surface area contributed by atoms with E-state index in [1.165, 1.54) is 23.2 Å². The van der Waals surface area contributed by atoms with E-state index in [0.717, 1.165) is 36.5 Å². The van der Waals surface area contributed by atoms with Crippen LogP contribution in [0.1, 0.15) is 34.8 Å². The van der Waals surface area contributed by atoms with Gasteiger partial charge in [0.15, 0.2) is 0 Å². The van der Waals surface area contributed by atoms with Gasteiger partial charge in [0, 0.05) is 18.7 Å². The third-order valence-electron chi connectivity index (χ3n) is 3.78. The number of benzene rings is 1. The molecule has 4 heteroatoms. The number of fused-ring (bicyclic) bond motifs is 1. The monoisotopic (exact) mass is 269 g/mol. The van der Waals surface area contributed by atoms with E-state index in [4.69, 9.17) is 15.5 Å². The van der Waals surface area contributed by atoms with Gasteiger partial charge in [0.05, 0.1) is 12.8 Å². The Bertz CT molecular complexity index is 608. The molecule has 1 aliphatic carbocycles. The van der Waals surface area contributed by atoms with Crippen LogP contribution in [0.25, 0.3) is 0 Å². The third-order valence-corrected chi connectivity index (χ3v) is 3.78. The lowest BCUT2D eigenvalue weighted by atomic mass is 10.1. The highest BCUT2D eigenvalue weighted by Gasteiger charge is 2.18. The first-order chi connectivity index (χ1) is 9.80. The first-order valence-electron chi connectivity index (χ1n) is 7.00. The van der Waals surface area contributed by atoms with Crippen LogP contribution in [0.5, 0.6) is 5.75 Å². The van der Waals surface area contributed by atoms with Crippen molar-refractivity contribution in [3.63, 3.8) is 0 Å². The van der Waals surface area contributed by atoms with Crippen molar-refractivity contribution in [3.8, 4) is 5.75 Å². The highest BCUT2D eigenvalue weighted by molar-refractivity contribution is 5.32. The summed E-state index contributed by atoms with van der Waals surface area (Å²) in [4.78, 5) is 9.34. The molecule has 0 radical (unpaired) electrons. The van der Waals surface area contributed by atoms with Gasteiger partial charge in [0.1, 0.15) is 11.6 Å². The quantitative estimate of drug-likeness (QED) is 0.922. The van der Waals surface area contributed by atoms with Crippen molar-refractivity contribution < 1.29 is 4.74 Å². The summed E-state index contributed by atoms with van der Waals surface area (Å²) in [7, 11) is 1.67. The van der Waals surface area contributed by atoms with Gasteiger partial charge in [-0.3, -0.25) is 0 Å². The Morgan fingerprint density at radius 2 is 1.95 bits per heavy atom. The Kier molecular flexibility index (Phi) is 3.65. The number of rotatable bonds is 4. The molecule has 104 valence electrons. The minimum Gasteiger partial charge on any atom is -0.497 e. The van der Waals surface area contributed by atoms with Crippen LogP contribution in [0.2, 0.25) is 0 Å². The number of nitrogens with zero attached hydrogens (tertiary/aromatic N) is 2. The van der Waals surface area contributed by atoms with Crippen LogP contribution < -0.4 is 10.5 Å². The van der Waals surface area contributed by atoms with E-state index in [1.54, 1.807) is 7.11 Å². The van der Waals surface area contributed by atoms with Crippen LogP contribution in [0, 0.1) is 0 Å². The first-order valence-corrected chi connectivity index (χ1v) is 7.00. The number of hydrogen-bond donors (Lipinski definition) is 1. The molecule has 0 aliphatic heterocycles. The normalized spacial score (nSPS) is 13.3. The van der Waals surface area contributed by atoms with Gasteiger partial charge >= 0.3 is 0 Å². The van der Waals surface area contributed by atoms with Crippen LogP contribution in [0.4, 0.5) is 0 Å². The van der Waals surface area contributed by atoms with Gasteiger partial charge in [0.25, 0.3) is 0 Å². The van der Waals surface area contributed by atoms with Gasteiger partial charge in [-0.1, -0.05) is 12.1 Å². The second-order valence-electron chi connectivity index (χ2n) is 5.09. The summed E-state index contributed by atoms with van der Waals surface area (Å²) in [5.41, 5.74) is 10.5. The van der Waals surface area contributed by atoms with Crippen molar-refractivity contribution >= 4 is 0 Å². The molecule has 0 spiro atoms. The fourth-order valence-electron chi connectivity index (χ4n) is 2.74. The van der Waals surface area contributed by atoms with E-state index >= 15 is 0 Å². The molecule has 0 amide bonds. The number of hydrogen-bond acceptors (Lipinski definition) is 4. The number of aryl methyl sites for hydroxylation is 1. The average Bonchev–Trinajstić information content (AvgIpc) is 2.95. The van der Waals surface area contributed by atoms with Crippen LogP contribution in [0.3, 0.4) is 0 Å². The molecule has 2 N–H and O–H groups in total. The SMILES string of the molecule is COc1ccc(Cc2nc(CN)c3c(n2)CCC3)cc1. The van der Waals surface area contributed by atoms with Gasteiger partial charge in [-0.2, -0.15) is 0 Å². The number of nitrogens with two attached hydrogens (primary N) is 1. The Balaban J connectivity index is 1.86. The van der Waals surface area contributed by atoms with E-state index < -0.39 is 0 Å². The van der Waals surface area contributed by atoms with Gasteiger partial charge < -0.3 is 10.5 Å². The lowest BCUT2D eigenvalue weighted by Crippen LogP contribution is -2.10. The number of methoxy groups -OCH3 is 1. The van der Waals surface area contributed by atoms with E-state index in [0.29, 0.717) is 6.54 Å². The lowest BCUT2D eigenvalue weighted by molar-refractivity contribution is 0.414. The average molecular weight is 269 g/mol. The summed E-state index contributed by atoms with van der Waals surface area (Å²) < 4.78 is 5.17. The van der Waals surface area contributed by atoms with Gasteiger partial charge in [-0.05, 0) is 42.5 Å². The molecular formula is C16H19N3O. The third kappa shape index (κ3) is 2.51. The highest BCUT2D eigenvalue weighted by Crippen LogP contribution is 2.23. The molecule has 0 bridgehead atoms. The summed E-state index contributed by atoms with van der Waals surface area (Å²) >= 11 is 0. The maximum atomic E-state index is 5.82. The van der Waals surface area contributed by atoms with E-state index in [-0.39, 0.29) is 0 Å². The second kappa shape index (κ2) is 5.59. The van der Waals surface area contributed by atoms with Crippen molar-refractivity contribution in [2.24, 2.45) is 5.73 Å². The van der Waals surface area contributed by atoms with E-state index in [2.05, 4.69) is 17.1 Å². The first kappa shape index (κ1) is 13.1. The molecule has 2 aromatic rings. The van der Waals surface area contributed by atoms with Crippen LogP contribution in [-0.2, 0) is 25.8 Å². The maximum Gasteiger partial charge on any atom is 0.133 e. The molecule has 1 aromatic heterocycles. The molecule has 0 saturated heterocycles. The summed E-state index contributed by atoms with van der Waals surface area (Å²) in [6.45, 7) is 0.500. The molecule has 1 heterocycles. The molecule has 1 aromatic carbocycles. The van der Waals surface area contributed by atoms with Gasteiger partial charge in [-0.15, -0.1) is 0 Å². The Morgan fingerprint density at radius 3 is 2.65 bits per heavy atom. The minimum atomic E-state index is 0.500. The lowest BCUT2D eigenvalue weighted by Gasteiger charge is -2.09. The predicted octanol–water partition coefficient (Wildman–Crippen LogP) is 2.02. The van der Waals surface area contributed by atoms with Crippen LogP contribution in [-0.4, -0.2) is 17.1 Å². The topological polar surface area (TPSA) is 61.0 Å². The largest absolute Gasteiger partial charge is 0.497 e. The number of ether oxygens (including phenoxy) is 1. The van der Waals surface area contributed by atoms with Crippen molar-refractivity contribution in [1.82, 2.24) is 9.97 Å². The molecule has 0 fully saturated rings. The molecule has 20 heavy (non-hydrogen) atoms. The van der Waals surface area contributed by atoms with E-state index in [9.17, 15) is 0 Å². The zero-order valence-electron chi connectivity index (χ0n) is 11.7. The predicted molar refractivity (Wildman–Crippen MR) is 77.7 cm³/mol. The van der Waals surface area contributed by atoms with Crippen LogP contribution in [0.15, 0.2) is 24.3 Å². The zero-order valence-corrected chi connectivity index (χ0v) is 11.7. The molecule has 1 aliphatic rings. The molecule has 0 unspecified atom stereocenters. The standard InChI is InChI=1S/C16H19N3O/c1-20-12-7-5-11(6-8-12)9-16-18-14-4-2-3-13(14)15(10-17)19-16/h5-8H,2-4,9-10,17H2,1H3. The highest BCUT2D eigenvalue weighted by atomic mass is 16.5. The Labute approximate surface area is 119 Å². The molecular weight excluding hydrogens is 250 g/mol. The minimum absolute atomic E-state index is 0.500. The zero-order chi connectivity index (χ0) is 13.9. The smallest absolute Gasteiger partial charge is 0.133 e. The Hall–Kier alpha value is -1.94. The summed E-state index contributed by atoms with van der Waals surface area (Å²) in [5.74, 6) is 1.74. The van der Waals surface area contributed by atoms with Crippen molar-refractivity contribution in [2.75, 3.05) is 7.11 Å². The summed E-state index contributed by atoms with van der Waals surface area (Å²) in [6.07, 6.45) is 4.04. The molecule has 4 nitrogen and oxygen atoms in total. The van der Waals surface area contributed by atoms with Crippen molar-refractivity contribution in [2.45, 2.75) is 32.2 Å². The van der Waals surface area contributed by atoms with Gasteiger partial charge in [0.2, 0.25) is 0 Å². The molecule has 3 rings (SSSR count). The van der Waals surface area contributed by atoms with E-state index in [1.807, 2.05) is 12.1 Å².